The van der Waals surface area contributed by atoms with Crippen LogP contribution in [0.25, 0.3) is 0 Å². The first-order chi connectivity index (χ1) is 7.75. The number of piperidine rings is 1. The van der Waals surface area contributed by atoms with Gasteiger partial charge in [0.15, 0.2) is 0 Å². The highest BCUT2D eigenvalue weighted by Crippen LogP contribution is 2.41. The van der Waals surface area contributed by atoms with Crippen molar-refractivity contribution in [3.05, 3.63) is 34.2 Å². The molecular formula is C11H13N3O2. The molecule has 1 amide bonds. The lowest BCUT2D eigenvalue weighted by atomic mass is 10.3. The van der Waals surface area contributed by atoms with Crippen molar-refractivity contribution in [2.45, 2.75) is 6.04 Å². The van der Waals surface area contributed by atoms with Crippen LogP contribution in [0.1, 0.15) is 10.5 Å². The van der Waals surface area contributed by atoms with E-state index in [9.17, 15) is 9.59 Å². The molecule has 0 aromatic carbocycles. The molecule has 16 heavy (non-hydrogen) atoms. The number of carbonyl (C=O) groups is 1. The molecule has 0 spiro atoms. The Balaban J connectivity index is 1.68. The van der Waals surface area contributed by atoms with E-state index in [1.807, 2.05) is 0 Å². The standard InChI is InChI=1S/C11H13N3O2/c15-9-3-1-2-8(13-9)11(16)14-10-6-4-12-5-7(6)10/h1-3,6-7,10,12H,4-5H2,(H,13,15)(H,14,16). The van der Waals surface area contributed by atoms with Crippen LogP contribution >= 0.6 is 0 Å². The summed E-state index contributed by atoms with van der Waals surface area (Å²) in [7, 11) is 0. The molecule has 1 aromatic heterocycles. The molecule has 2 heterocycles. The summed E-state index contributed by atoms with van der Waals surface area (Å²) in [4.78, 5) is 25.3. The molecule has 3 rings (SSSR count). The molecule has 2 aliphatic rings. The maximum atomic E-state index is 11.8. The first-order valence-electron chi connectivity index (χ1n) is 5.46. The zero-order valence-corrected chi connectivity index (χ0v) is 8.69. The molecule has 1 saturated heterocycles. The Hall–Kier alpha value is -1.62. The first-order valence-corrected chi connectivity index (χ1v) is 5.46. The largest absolute Gasteiger partial charge is 0.347 e. The molecule has 0 radical (unpaired) electrons. The number of hydrogen-bond donors (Lipinski definition) is 3. The second-order valence-electron chi connectivity index (χ2n) is 4.41. The van der Waals surface area contributed by atoms with Crippen LogP contribution in [0.3, 0.4) is 0 Å². The van der Waals surface area contributed by atoms with Crippen molar-refractivity contribution in [2.75, 3.05) is 13.1 Å². The zero-order chi connectivity index (χ0) is 11.1. The van der Waals surface area contributed by atoms with Gasteiger partial charge in [0.05, 0.1) is 0 Å². The van der Waals surface area contributed by atoms with Gasteiger partial charge in [0.1, 0.15) is 5.69 Å². The maximum Gasteiger partial charge on any atom is 0.268 e. The highest BCUT2D eigenvalue weighted by Gasteiger charge is 2.53. The Bertz CT molecular complexity index is 472. The van der Waals surface area contributed by atoms with Crippen molar-refractivity contribution in [1.29, 1.82) is 0 Å². The Kier molecular flexibility index (Phi) is 2.07. The quantitative estimate of drug-likeness (QED) is 0.617. The Morgan fingerprint density at radius 3 is 2.75 bits per heavy atom. The number of carbonyl (C=O) groups excluding carboxylic acids is 1. The molecule has 2 fully saturated rings. The minimum absolute atomic E-state index is 0.183. The lowest BCUT2D eigenvalue weighted by Gasteiger charge is -2.07. The van der Waals surface area contributed by atoms with Gasteiger partial charge in [0.2, 0.25) is 5.56 Å². The average molecular weight is 219 g/mol. The monoisotopic (exact) mass is 219 g/mol. The van der Waals surface area contributed by atoms with Gasteiger partial charge in [-0.1, -0.05) is 6.07 Å². The second kappa shape index (κ2) is 3.45. The highest BCUT2D eigenvalue weighted by molar-refractivity contribution is 5.92. The van der Waals surface area contributed by atoms with Crippen molar-refractivity contribution >= 4 is 5.91 Å². The summed E-state index contributed by atoms with van der Waals surface area (Å²) in [5, 5.41) is 6.22. The fraction of sp³-hybridized carbons (Fsp3) is 0.455. The van der Waals surface area contributed by atoms with E-state index in [1.54, 1.807) is 12.1 Å². The van der Waals surface area contributed by atoms with E-state index < -0.39 is 0 Å². The molecule has 2 unspecified atom stereocenters. The van der Waals surface area contributed by atoms with E-state index in [4.69, 9.17) is 0 Å². The number of amides is 1. The third kappa shape index (κ3) is 1.53. The Morgan fingerprint density at radius 1 is 1.31 bits per heavy atom. The number of pyridine rings is 1. The van der Waals surface area contributed by atoms with Crippen LogP contribution in [0, 0.1) is 11.8 Å². The number of hydrogen-bond acceptors (Lipinski definition) is 3. The number of aromatic amines is 1. The molecule has 5 heteroatoms. The van der Waals surface area contributed by atoms with Crippen molar-refractivity contribution in [3.63, 3.8) is 0 Å². The third-order valence-corrected chi connectivity index (χ3v) is 3.40. The molecule has 3 N–H and O–H groups in total. The van der Waals surface area contributed by atoms with Crippen LogP contribution < -0.4 is 16.2 Å². The Morgan fingerprint density at radius 2 is 2.06 bits per heavy atom. The van der Waals surface area contributed by atoms with Crippen LogP contribution in [0.2, 0.25) is 0 Å². The molecule has 1 aliphatic carbocycles. The second-order valence-corrected chi connectivity index (χ2v) is 4.41. The predicted octanol–water partition coefficient (Wildman–Crippen LogP) is -0.678. The highest BCUT2D eigenvalue weighted by atomic mass is 16.2. The summed E-state index contributed by atoms with van der Waals surface area (Å²) < 4.78 is 0. The van der Waals surface area contributed by atoms with Crippen LogP contribution in [-0.4, -0.2) is 30.0 Å². The number of fused-ring (bicyclic) bond motifs is 1. The summed E-state index contributed by atoms with van der Waals surface area (Å²) in [6.07, 6.45) is 0. The summed E-state index contributed by atoms with van der Waals surface area (Å²) in [5.74, 6) is 0.982. The molecule has 1 aromatic rings. The van der Waals surface area contributed by atoms with Gasteiger partial charge < -0.3 is 15.6 Å². The normalized spacial score (nSPS) is 30.9. The van der Waals surface area contributed by atoms with Crippen molar-refractivity contribution in [3.8, 4) is 0 Å². The summed E-state index contributed by atoms with van der Waals surface area (Å²) >= 11 is 0. The van der Waals surface area contributed by atoms with Crippen LogP contribution in [0.5, 0.6) is 0 Å². The fourth-order valence-corrected chi connectivity index (χ4v) is 2.44. The smallest absolute Gasteiger partial charge is 0.268 e. The number of nitrogens with one attached hydrogen (secondary N) is 3. The van der Waals surface area contributed by atoms with Crippen LogP contribution in [-0.2, 0) is 0 Å². The molecule has 84 valence electrons. The Labute approximate surface area is 92.3 Å². The number of aromatic nitrogens is 1. The lowest BCUT2D eigenvalue weighted by Crippen LogP contribution is -2.33. The molecule has 1 aliphatic heterocycles. The minimum Gasteiger partial charge on any atom is -0.347 e. The van der Waals surface area contributed by atoms with E-state index in [0.717, 1.165) is 13.1 Å². The van der Waals surface area contributed by atoms with Gasteiger partial charge in [-0.25, -0.2) is 0 Å². The van der Waals surface area contributed by atoms with E-state index in [1.165, 1.54) is 6.07 Å². The van der Waals surface area contributed by atoms with Gasteiger partial charge in [0.25, 0.3) is 5.91 Å². The van der Waals surface area contributed by atoms with E-state index in [0.29, 0.717) is 17.5 Å². The van der Waals surface area contributed by atoms with Gasteiger partial charge >= 0.3 is 0 Å². The van der Waals surface area contributed by atoms with Gasteiger partial charge in [0, 0.05) is 25.2 Å². The van der Waals surface area contributed by atoms with Gasteiger partial charge in [-0.3, -0.25) is 9.59 Å². The fourth-order valence-electron chi connectivity index (χ4n) is 2.44. The molecule has 2 atom stereocenters. The first kappa shape index (κ1) is 9.59. The van der Waals surface area contributed by atoms with Gasteiger partial charge in [-0.15, -0.1) is 0 Å². The number of rotatable bonds is 2. The SMILES string of the molecule is O=C(NC1C2CNCC21)c1cccc(=O)[nH]1. The summed E-state index contributed by atoms with van der Waals surface area (Å²) in [5.41, 5.74) is 0.0933. The molecule has 0 bridgehead atoms. The van der Waals surface area contributed by atoms with Crippen LogP contribution in [0.15, 0.2) is 23.0 Å². The minimum atomic E-state index is -0.245. The predicted molar refractivity (Wildman–Crippen MR) is 58.2 cm³/mol. The van der Waals surface area contributed by atoms with Crippen molar-refractivity contribution in [2.24, 2.45) is 11.8 Å². The van der Waals surface area contributed by atoms with Gasteiger partial charge in [-0.05, 0) is 17.9 Å². The van der Waals surface area contributed by atoms with Crippen molar-refractivity contribution in [1.82, 2.24) is 15.6 Å². The summed E-state index contributed by atoms with van der Waals surface area (Å²) in [6.45, 7) is 1.97. The maximum absolute atomic E-state index is 11.8. The average Bonchev–Trinajstić information content (AvgIpc) is 2.74. The lowest BCUT2D eigenvalue weighted by molar-refractivity contribution is 0.0941. The van der Waals surface area contributed by atoms with E-state index >= 15 is 0 Å². The molecule has 5 nitrogen and oxygen atoms in total. The third-order valence-electron chi connectivity index (χ3n) is 3.40. The molecule has 1 saturated carbocycles. The number of H-pyrrole nitrogens is 1. The zero-order valence-electron chi connectivity index (χ0n) is 8.69. The van der Waals surface area contributed by atoms with Gasteiger partial charge in [-0.2, -0.15) is 0 Å². The summed E-state index contributed by atoms with van der Waals surface area (Å²) in [6, 6.07) is 4.89. The van der Waals surface area contributed by atoms with E-state index in [2.05, 4.69) is 15.6 Å². The van der Waals surface area contributed by atoms with Crippen molar-refractivity contribution < 1.29 is 4.79 Å². The van der Waals surface area contributed by atoms with Crippen LogP contribution in [0.4, 0.5) is 0 Å². The topological polar surface area (TPSA) is 74.0 Å². The van der Waals surface area contributed by atoms with E-state index in [-0.39, 0.29) is 17.5 Å². The molecular weight excluding hydrogens is 206 g/mol.